The molecule has 0 spiro atoms. The van der Waals surface area contributed by atoms with Crippen molar-refractivity contribution in [3.05, 3.63) is 29.3 Å². The summed E-state index contributed by atoms with van der Waals surface area (Å²) in [5.41, 5.74) is 7.24. The van der Waals surface area contributed by atoms with Crippen molar-refractivity contribution in [1.29, 1.82) is 0 Å². The molecule has 1 aliphatic rings. The second-order valence-electron chi connectivity index (χ2n) is 6.76. The number of benzene rings is 1. The van der Waals surface area contributed by atoms with Crippen LogP contribution >= 0.6 is 0 Å². The van der Waals surface area contributed by atoms with Gasteiger partial charge in [0.15, 0.2) is 5.96 Å². The Kier molecular flexibility index (Phi) is 5.42. The highest BCUT2D eigenvalue weighted by Crippen LogP contribution is 2.41. The highest BCUT2D eigenvalue weighted by atomic mass is 19.4. The number of alkyl halides is 3. The van der Waals surface area contributed by atoms with Gasteiger partial charge in [-0.3, -0.25) is 4.99 Å². The third-order valence-corrected chi connectivity index (χ3v) is 4.32. The zero-order chi connectivity index (χ0) is 18.0. The summed E-state index contributed by atoms with van der Waals surface area (Å²) in [4.78, 5) is 4.06. The fourth-order valence-electron chi connectivity index (χ4n) is 3.23. The second-order valence-corrected chi connectivity index (χ2v) is 6.76. The lowest BCUT2D eigenvalue weighted by atomic mass is 9.78. The van der Waals surface area contributed by atoms with Crippen LogP contribution in [0, 0.1) is 19.8 Å². The minimum absolute atomic E-state index is 0.0613. The molecule has 0 amide bonds. The number of rotatable bonds is 3. The van der Waals surface area contributed by atoms with Gasteiger partial charge >= 0.3 is 6.18 Å². The Morgan fingerprint density at radius 3 is 2.54 bits per heavy atom. The minimum Gasteiger partial charge on any atom is -0.388 e. The van der Waals surface area contributed by atoms with E-state index in [1.165, 1.54) is 0 Å². The lowest BCUT2D eigenvalue weighted by Crippen LogP contribution is -2.43. The first-order valence-corrected chi connectivity index (χ1v) is 8.02. The monoisotopic (exact) mass is 343 g/mol. The smallest absolute Gasteiger partial charge is 0.388 e. The minimum atomic E-state index is -4.28. The molecular formula is C17H24F3N3O. The average Bonchev–Trinajstić information content (AvgIpc) is 2.43. The van der Waals surface area contributed by atoms with E-state index in [0.717, 1.165) is 16.8 Å². The Labute approximate surface area is 140 Å². The molecule has 2 rings (SSSR count). The molecule has 134 valence electrons. The van der Waals surface area contributed by atoms with E-state index in [0.29, 0.717) is 12.8 Å². The standard InChI is InChI=1S/C17H24F3N3O/c1-11-6-12(2)8-14(7-11)23-15(21)22-10-16(24)5-3-4-13(9-16)17(18,19)20/h6-8,13,24H,3-5,9-10H2,1-2H3,(H3,21,22,23). The molecule has 0 saturated heterocycles. The van der Waals surface area contributed by atoms with Gasteiger partial charge in [-0.15, -0.1) is 0 Å². The zero-order valence-corrected chi connectivity index (χ0v) is 14.0. The van der Waals surface area contributed by atoms with E-state index in [1.807, 2.05) is 32.0 Å². The van der Waals surface area contributed by atoms with Crippen LogP contribution in [0.25, 0.3) is 0 Å². The van der Waals surface area contributed by atoms with Crippen molar-refractivity contribution in [1.82, 2.24) is 0 Å². The van der Waals surface area contributed by atoms with Gasteiger partial charge in [0.2, 0.25) is 0 Å². The molecule has 1 aromatic rings. The lowest BCUT2D eigenvalue weighted by molar-refractivity contribution is -0.199. The van der Waals surface area contributed by atoms with Crippen LogP contribution in [0.3, 0.4) is 0 Å². The molecule has 0 aromatic heterocycles. The lowest BCUT2D eigenvalue weighted by Gasteiger charge is -2.36. The van der Waals surface area contributed by atoms with E-state index in [1.54, 1.807) is 0 Å². The Morgan fingerprint density at radius 1 is 1.33 bits per heavy atom. The molecule has 24 heavy (non-hydrogen) atoms. The first-order valence-electron chi connectivity index (χ1n) is 8.02. The van der Waals surface area contributed by atoms with Crippen LogP contribution in [0.15, 0.2) is 23.2 Å². The van der Waals surface area contributed by atoms with E-state index < -0.39 is 17.7 Å². The SMILES string of the molecule is Cc1cc(C)cc(NC(N)=NCC2(O)CCCC(C(F)(F)F)C2)c1. The van der Waals surface area contributed by atoms with Gasteiger partial charge in [-0.25, -0.2) is 0 Å². The van der Waals surface area contributed by atoms with Crippen molar-refractivity contribution in [2.45, 2.75) is 51.3 Å². The van der Waals surface area contributed by atoms with Gasteiger partial charge in [0.25, 0.3) is 0 Å². The summed E-state index contributed by atoms with van der Waals surface area (Å²) >= 11 is 0. The van der Waals surface area contributed by atoms with Gasteiger partial charge in [0.05, 0.1) is 18.1 Å². The Bertz CT molecular complexity index is 595. The van der Waals surface area contributed by atoms with Crippen LogP contribution in [0.1, 0.15) is 36.8 Å². The number of aryl methyl sites for hydroxylation is 2. The highest BCUT2D eigenvalue weighted by molar-refractivity contribution is 5.92. The molecule has 7 heteroatoms. The predicted octanol–water partition coefficient (Wildman–Crippen LogP) is 3.51. The predicted molar refractivity (Wildman–Crippen MR) is 89.0 cm³/mol. The van der Waals surface area contributed by atoms with Gasteiger partial charge in [0.1, 0.15) is 0 Å². The molecule has 0 heterocycles. The Morgan fingerprint density at radius 2 is 1.96 bits per heavy atom. The van der Waals surface area contributed by atoms with Crippen LogP contribution < -0.4 is 11.1 Å². The third-order valence-electron chi connectivity index (χ3n) is 4.32. The normalized spacial score (nSPS) is 25.6. The summed E-state index contributed by atoms with van der Waals surface area (Å²) in [6.45, 7) is 3.77. The molecule has 0 bridgehead atoms. The maximum Gasteiger partial charge on any atom is 0.391 e. The topological polar surface area (TPSA) is 70.6 Å². The van der Waals surface area contributed by atoms with Crippen LogP contribution in [-0.4, -0.2) is 29.4 Å². The van der Waals surface area contributed by atoms with Gasteiger partial charge in [-0.05, 0) is 62.8 Å². The van der Waals surface area contributed by atoms with Crippen LogP contribution in [0.5, 0.6) is 0 Å². The molecule has 4 nitrogen and oxygen atoms in total. The summed E-state index contributed by atoms with van der Waals surface area (Å²) < 4.78 is 38.6. The molecular weight excluding hydrogens is 319 g/mol. The number of hydrogen-bond donors (Lipinski definition) is 3. The summed E-state index contributed by atoms with van der Waals surface area (Å²) in [7, 11) is 0. The van der Waals surface area contributed by atoms with Crippen LogP contribution in [-0.2, 0) is 0 Å². The van der Waals surface area contributed by atoms with E-state index >= 15 is 0 Å². The summed E-state index contributed by atoms with van der Waals surface area (Å²) in [6.07, 6.45) is -3.90. The first-order chi connectivity index (χ1) is 11.1. The number of aliphatic imine (C=N–C) groups is 1. The van der Waals surface area contributed by atoms with Crippen molar-refractivity contribution in [2.24, 2.45) is 16.6 Å². The summed E-state index contributed by atoms with van der Waals surface area (Å²) in [5.74, 6) is -1.39. The van der Waals surface area contributed by atoms with Gasteiger partial charge < -0.3 is 16.2 Å². The van der Waals surface area contributed by atoms with Gasteiger partial charge in [-0.2, -0.15) is 13.2 Å². The molecule has 1 aromatic carbocycles. The van der Waals surface area contributed by atoms with Crippen LogP contribution in [0.4, 0.5) is 18.9 Å². The molecule has 4 N–H and O–H groups in total. The number of hydrogen-bond acceptors (Lipinski definition) is 2. The summed E-state index contributed by atoms with van der Waals surface area (Å²) in [5, 5.41) is 13.3. The van der Waals surface area contributed by atoms with Gasteiger partial charge in [0, 0.05) is 5.69 Å². The molecule has 2 atom stereocenters. The summed E-state index contributed by atoms with van der Waals surface area (Å²) in [6, 6.07) is 5.80. The van der Waals surface area contributed by atoms with Gasteiger partial charge in [-0.1, -0.05) is 6.07 Å². The van der Waals surface area contributed by atoms with Crippen molar-refractivity contribution in [3.63, 3.8) is 0 Å². The van der Waals surface area contributed by atoms with Crippen molar-refractivity contribution < 1.29 is 18.3 Å². The number of aliphatic hydroxyl groups is 1. The maximum absolute atomic E-state index is 12.9. The highest BCUT2D eigenvalue weighted by Gasteiger charge is 2.46. The van der Waals surface area contributed by atoms with E-state index in [-0.39, 0.29) is 25.3 Å². The van der Waals surface area contributed by atoms with E-state index in [2.05, 4.69) is 10.3 Å². The van der Waals surface area contributed by atoms with Crippen molar-refractivity contribution >= 4 is 11.6 Å². The Balaban J connectivity index is 2.00. The Hall–Kier alpha value is -1.76. The molecule has 2 unspecified atom stereocenters. The van der Waals surface area contributed by atoms with E-state index in [9.17, 15) is 18.3 Å². The maximum atomic E-state index is 12.9. The zero-order valence-electron chi connectivity index (χ0n) is 14.0. The molecule has 0 radical (unpaired) electrons. The fourth-order valence-corrected chi connectivity index (χ4v) is 3.23. The number of nitrogens with zero attached hydrogens (tertiary/aromatic N) is 1. The van der Waals surface area contributed by atoms with Crippen molar-refractivity contribution in [3.8, 4) is 0 Å². The van der Waals surface area contributed by atoms with Crippen molar-refractivity contribution in [2.75, 3.05) is 11.9 Å². The number of nitrogens with one attached hydrogen (secondary N) is 1. The number of halogens is 3. The fraction of sp³-hybridized carbons (Fsp3) is 0.588. The second kappa shape index (κ2) is 7.01. The number of guanidine groups is 1. The third kappa shape index (κ3) is 5.12. The molecule has 1 aliphatic carbocycles. The average molecular weight is 343 g/mol. The molecule has 1 fully saturated rings. The largest absolute Gasteiger partial charge is 0.391 e. The number of anilines is 1. The molecule has 1 saturated carbocycles. The first kappa shape index (κ1) is 18.6. The van der Waals surface area contributed by atoms with E-state index in [4.69, 9.17) is 5.73 Å². The molecule has 0 aliphatic heterocycles. The number of nitrogens with two attached hydrogens (primary N) is 1. The van der Waals surface area contributed by atoms with Crippen LogP contribution in [0.2, 0.25) is 0 Å². The quantitative estimate of drug-likeness (QED) is 0.581.